The second-order valence-electron chi connectivity index (χ2n) is 7.62. The molecule has 3 N–H and O–H groups in total. The van der Waals surface area contributed by atoms with Gasteiger partial charge in [-0.05, 0) is 37.8 Å². The number of carboxylic acids is 1. The van der Waals surface area contributed by atoms with Gasteiger partial charge in [-0.3, -0.25) is 9.59 Å². The van der Waals surface area contributed by atoms with Gasteiger partial charge in [0.25, 0.3) is 0 Å². The largest absolute Gasteiger partial charge is 0.491 e. The number of hydrogen-bond acceptors (Lipinski definition) is 6. The van der Waals surface area contributed by atoms with Crippen LogP contribution in [-0.2, 0) is 14.3 Å². The number of Topliss-reactive ketones (excluding diaryl/α,β-unsaturated/α-hetero) is 1. The zero-order valence-corrected chi connectivity index (χ0v) is 17.2. The third-order valence-electron chi connectivity index (χ3n) is 5.08. The van der Waals surface area contributed by atoms with Gasteiger partial charge in [0.05, 0.1) is 18.8 Å². The fourth-order valence-electron chi connectivity index (χ4n) is 3.47. The van der Waals surface area contributed by atoms with E-state index < -0.39 is 30.2 Å². The van der Waals surface area contributed by atoms with Crippen LogP contribution in [0.25, 0.3) is 0 Å². The Hall–Kier alpha value is -2.22. The van der Waals surface area contributed by atoms with E-state index >= 15 is 0 Å². The number of aliphatic carboxylic acids is 1. The molecule has 0 aromatic heterocycles. The summed E-state index contributed by atoms with van der Waals surface area (Å²) in [6.45, 7) is 0.0405. The summed E-state index contributed by atoms with van der Waals surface area (Å²) < 4.78 is 11.2. The molecular weight excluding hydrogens is 388 g/mol. The van der Waals surface area contributed by atoms with Gasteiger partial charge in [0, 0.05) is 18.8 Å². The van der Waals surface area contributed by atoms with Crippen LogP contribution in [-0.4, -0.2) is 58.6 Å². The highest BCUT2D eigenvalue weighted by Gasteiger charge is 2.41. The maximum atomic E-state index is 12.2. The van der Waals surface area contributed by atoms with Gasteiger partial charge in [-0.2, -0.15) is 0 Å². The van der Waals surface area contributed by atoms with E-state index in [1.807, 2.05) is 30.4 Å². The van der Waals surface area contributed by atoms with E-state index in [2.05, 4.69) is 0 Å². The van der Waals surface area contributed by atoms with Crippen LogP contribution in [0.1, 0.15) is 44.9 Å². The first-order valence-electron chi connectivity index (χ1n) is 10.5. The van der Waals surface area contributed by atoms with Crippen LogP contribution in [0.5, 0.6) is 5.75 Å². The lowest BCUT2D eigenvalue weighted by molar-refractivity contribution is -0.137. The van der Waals surface area contributed by atoms with E-state index in [1.54, 1.807) is 12.1 Å². The first kappa shape index (κ1) is 24.1. The molecule has 1 saturated carbocycles. The average Bonchev–Trinajstić information content (AvgIpc) is 2.99. The van der Waals surface area contributed by atoms with Gasteiger partial charge in [0.2, 0.25) is 0 Å². The Bertz CT molecular complexity index is 673. The summed E-state index contributed by atoms with van der Waals surface area (Å²) in [6, 6.07) is 9.14. The zero-order chi connectivity index (χ0) is 21.8. The highest BCUT2D eigenvalue weighted by molar-refractivity contribution is 5.85. The Labute approximate surface area is 177 Å². The minimum Gasteiger partial charge on any atom is -0.491 e. The molecule has 0 radical (unpaired) electrons. The lowest BCUT2D eigenvalue weighted by atomic mass is 9.99. The second kappa shape index (κ2) is 13.2. The molecule has 0 aliphatic heterocycles. The van der Waals surface area contributed by atoms with Crippen molar-refractivity contribution in [2.24, 2.45) is 5.92 Å². The summed E-state index contributed by atoms with van der Waals surface area (Å²) in [5.41, 5.74) is 0. The van der Waals surface area contributed by atoms with Gasteiger partial charge < -0.3 is 24.8 Å². The molecule has 0 bridgehead atoms. The summed E-state index contributed by atoms with van der Waals surface area (Å²) in [5, 5.41) is 28.9. The number of allylic oxidation sites excluding steroid dienone is 2. The minimum absolute atomic E-state index is 0.0222. The van der Waals surface area contributed by atoms with Crippen LogP contribution < -0.4 is 4.74 Å². The number of carbonyl (C=O) groups excluding carboxylic acids is 1. The van der Waals surface area contributed by atoms with Crippen molar-refractivity contribution in [2.45, 2.75) is 63.3 Å². The Balaban J connectivity index is 1.69. The van der Waals surface area contributed by atoms with Crippen molar-refractivity contribution in [3.63, 3.8) is 0 Å². The van der Waals surface area contributed by atoms with E-state index in [4.69, 9.17) is 14.6 Å². The van der Waals surface area contributed by atoms with Gasteiger partial charge in [-0.25, -0.2) is 0 Å². The van der Waals surface area contributed by atoms with Gasteiger partial charge >= 0.3 is 5.97 Å². The number of unbranched alkanes of at least 4 members (excludes halogenated alkanes) is 3. The summed E-state index contributed by atoms with van der Waals surface area (Å²) in [7, 11) is 0. The smallest absolute Gasteiger partial charge is 0.303 e. The number of aliphatic hydroxyl groups is 2. The number of carbonyl (C=O) groups is 2. The van der Waals surface area contributed by atoms with E-state index in [9.17, 15) is 19.8 Å². The van der Waals surface area contributed by atoms with Crippen LogP contribution in [0.2, 0.25) is 0 Å². The first-order chi connectivity index (χ1) is 14.5. The number of ether oxygens (including phenoxy) is 2. The number of carboxylic acid groups (broad SMARTS) is 1. The average molecular weight is 421 g/mol. The second-order valence-corrected chi connectivity index (χ2v) is 7.62. The monoisotopic (exact) mass is 420 g/mol. The number of ketones is 1. The predicted octanol–water partition coefficient (Wildman–Crippen LogP) is 2.74. The molecule has 0 amide bonds. The molecule has 166 valence electrons. The van der Waals surface area contributed by atoms with Crippen molar-refractivity contribution in [3.05, 3.63) is 42.5 Å². The van der Waals surface area contributed by atoms with E-state index in [0.717, 1.165) is 19.3 Å². The quantitative estimate of drug-likeness (QED) is 0.313. The maximum Gasteiger partial charge on any atom is 0.303 e. The summed E-state index contributed by atoms with van der Waals surface area (Å²) in [4.78, 5) is 22.7. The van der Waals surface area contributed by atoms with Crippen LogP contribution in [0.15, 0.2) is 42.5 Å². The SMILES string of the molecule is O=C(O)CCCCC/C=C/CC1C(=O)CC(O)C1OCC(O)COc1ccccc1. The number of benzene rings is 1. The van der Waals surface area contributed by atoms with Gasteiger partial charge in [0.15, 0.2) is 0 Å². The van der Waals surface area contributed by atoms with Crippen molar-refractivity contribution in [3.8, 4) is 5.75 Å². The molecular formula is C23H32O7. The molecule has 1 aliphatic rings. The molecule has 4 atom stereocenters. The predicted molar refractivity (Wildman–Crippen MR) is 111 cm³/mol. The summed E-state index contributed by atoms with van der Waals surface area (Å²) >= 11 is 0. The molecule has 1 aliphatic carbocycles. The molecule has 30 heavy (non-hydrogen) atoms. The Morgan fingerprint density at radius 3 is 2.63 bits per heavy atom. The third-order valence-corrected chi connectivity index (χ3v) is 5.08. The maximum absolute atomic E-state index is 12.2. The topological polar surface area (TPSA) is 113 Å². The molecule has 2 rings (SSSR count). The highest BCUT2D eigenvalue weighted by atomic mass is 16.5. The fraction of sp³-hybridized carbons (Fsp3) is 0.565. The van der Waals surface area contributed by atoms with Crippen molar-refractivity contribution in [1.29, 1.82) is 0 Å². The summed E-state index contributed by atoms with van der Waals surface area (Å²) in [6.07, 6.45) is 5.52. The molecule has 4 unspecified atom stereocenters. The molecule has 0 heterocycles. The first-order valence-corrected chi connectivity index (χ1v) is 10.5. The van der Waals surface area contributed by atoms with Gasteiger partial charge in [-0.15, -0.1) is 0 Å². The van der Waals surface area contributed by atoms with Crippen LogP contribution in [0.3, 0.4) is 0 Å². The third kappa shape index (κ3) is 8.65. The number of aliphatic hydroxyl groups excluding tert-OH is 2. The highest BCUT2D eigenvalue weighted by Crippen LogP contribution is 2.29. The number of rotatable bonds is 14. The molecule has 7 nitrogen and oxygen atoms in total. The van der Waals surface area contributed by atoms with E-state index in [0.29, 0.717) is 18.6 Å². The standard InChI is InChI=1S/C23H32O7/c24-17(15-29-18-10-6-5-7-11-18)16-30-23-19(20(25)14-21(23)26)12-8-3-1-2-4-9-13-22(27)28/h3,5-8,10-11,17,19,21,23-24,26H,1-2,4,9,12-16H2,(H,27,28)/b8-3+. The molecule has 7 heteroatoms. The van der Waals surface area contributed by atoms with Crippen molar-refractivity contribution >= 4 is 11.8 Å². The summed E-state index contributed by atoms with van der Waals surface area (Å²) in [5.74, 6) is -0.579. The van der Waals surface area contributed by atoms with E-state index in [1.165, 1.54) is 0 Å². The van der Waals surface area contributed by atoms with Crippen molar-refractivity contribution in [2.75, 3.05) is 13.2 Å². The molecule has 0 saturated heterocycles. The molecule has 1 fully saturated rings. The van der Waals surface area contributed by atoms with Crippen molar-refractivity contribution < 1.29 is 34.4 Å². The molecule has 1 aromatic carbocycles. The lowest BCUT2D eigenvalue weighted by Gasteiger charge is -2.22. The number of para-hydroxylation sites is 1. The minimum atomic E-state index is -0.867. The normalized spacial score (nSPS) is 22.5. The van der Waals surface area contributed by atoms with Crippen LogP contribution >= 0.6 is 0 Å². The van der Waals surface area contributed by atoms with Gasteiger partial charge in [0.1, 0.15) is 24.2 Å². The van der Waals surface area contributed by atoms with Gasteiger partial charge in [-0.1, -0.05) is 36.8 Å². The molecule has 1 aromatic rings. The Kier molecular flexibility index (Phi) is 10.5. The fourth-order valence-corrected chi connectivity index (χ4v) is 3.47. The molecule has 0 spiro atoms. The van der Waals surface area contributed by atoms with Crippen LogP contribution in [0, 0.1) is 5.92 Å². The Morgan fingerprint density at radius 2 is 1.90 bits per heavy atom. The lowest BCUT2D eigenvalue weighted by Crippen LogP contribution is -2.34. The zero-order valence-electron chi connectivity index (χ0n) is 17.2. The van der Waals surface area contributed by atoms with E-state index in [-0.39, 0.29) is 31.8 Å². The van der Waals surface area contributed by atoms with Crippen molar-refractivity contribution in [1.82, 2.24) is 0 Å². The van der Waals surface area contributed by atoms with Crippen LogP contribution in [0.4, 0.5) is 0 Å². The number of hydrogen-bond donors (Lipinski definition) is 3. The Morgan fingerprint density at radius 1 is 1.13 bits per heavy atom.